The molecule has 3 N–H and O–H groups in total. The van der Waals surface area contributed by atoms with Gasteiger partial charge in [0.05, 0.1) is 6.10 Å². The van der Waals surface area contributed by atoms with Crippen molar-refractivity contribution in [1.29, 1.82) is 0 Å². The van der Waals surface area contributed by atoms with Gasteiger partial charge in [0.25, 0.3) is 5.97 Å². The Morgan fingerprint density at radius 2 is 1.69 bits per heavy atom. The Hall–Kier alpha value is -0.610. The predicted molar refractivity (Wildman–Crippen MR) is 48.5 cm³/mol. The number of fused-ring (bicyclic) bond motifs is 2. The summed E-state index contributed by atoms with van der Waals surface area (Å²) in [6.07, 6.45) is 4.51. The maximum absolute atomic E-state index is 9.25. The molecule has 4 heteroatoms. The van der Waals surface area contributed by atoms with E-state index in [4.69, 9.17) is 9.90 Å². The van der Waals surface area contributed by atoms with Crippen molar-refractivity contribution in [1.82, 2.24) is 5.32 Å². The first kappa shape index (κ1) is 10.5. The quantitative estimate of drug-likeness (QED) is 0.512. The minimum atomic E-state index is -0.833. The first-order valence-corrected chi connectivity index (χ1v) is 4.71. The lowest BCUT2D eigenvalue weighted by atomic mass is 10.0. The van der Waals surface area contributed by atoms with Crippen LogP contribution in [0.25, 0.3) is 0 Å². The molecule has 2 fully saturated rings. The van der Waals surface area contributed by atoms with Gasteiger partial charge >= 0.3 is 0 Å². The molecule has 4 nitrogen and oxygen atoms in total. The number of hydrogen-bond donors (Lipinski definition) is 3. The molecule has 2 rings (SSSR count). The number of rotatable bonds is 0. The molecule has 0 aromatic carbocycles. The molecule has 2 aliphatic heterocycles. The molecule has 0 saturated carbocycles. The second kappa shape index (κ2) is 4.58. The number of piperidine rings is 1. The maximum Gasteiger partial charge on any atom is 0.300 e. The zero-order chi connectivity index (χ0) is 9.84. The Morgan fingerprint density at radius 3 is 2.08 bits per heavy atom. The van der Waals surface area contributed by atoms with Crippen LogP contribution in [0.5, 0.6) is 0 Å². The van der Waals surface area contributed by atoms with Gasteiger partial charge in [-0.1, -0.05) is 0 Å². The number of hydrogen-bond acceptors (Lipinski definition) is 3. The Labute approximate surface area is 78.0 Å². The van der Waals surface area contributed by atoms with Gasteiger partial charge < -0.3 is 15.5 Å². The Bertz CT molecular complexity index is 168. The van der Waals surface area contributed by atoms with Crippen molar-refractivity contribution in [3.8, 4) is 0 Å². The summed E-state index contributed by atoms with van der Waals surface area (Å²) < 4.78 is 0. The summed E-state index contributed by atoms with van der Waals surface area (Å²) in [4.78, 5) is 9.00. The minimum Gasteiger partial charge on any atom is -0.481 e. The number of aliphatic hydroxyl groups excluding tert-OH is 1. The second-order valence-electron chi connectivity index (χ2n) is 3.78. The maximum atomic E-state index is 9.25. The number of aliphatic hydroxyl groups is 1. The van der Waals surface area contributed by atoms with Crippen LogP contribution >= 0.6 is 0 Å². The van der Waals surface area contributed by atoms with Crippen molar-refractivity contribution in [2.75, 3.05) is 0 Å². The Morgan fingerprint density at radius 1 is 1.31 bits per heavy atom. The van der Waals surface area contributed by atoms with Crippen LogP contribution in [-0.4, -0.2) is 34.4 Å². The fourth-order valence-corrected chi connectivity index (χ4v) is 2.03. The van der Waals surface area contributed by atoms with E-state index in [0.29, 0.717) is 12.1 Å². The summed E-state index contributed by atoms with van der Waals surface area (Å²) in [6, 6.07) is 1.28. The molecule has 76 valence electrons. The molecule has 0 aromatic heterocycles. The lowest BCUT2D eigenvalue weighted by Crippen LogP contribution is -2.40. The van der Waals surface area contributed by atoms with Crippen molar-refractivity contribution in [2.24, 2.45) is 0 Å². The van der Waals surface area contributed by atoms with Crippen molar-refractivity contribution in [3.05, 3.63) is 0 Å². The van der Waals surface area contributed by atoms with Gasteiger partial charge in [0.1, 0.15) is 0 Å². The molecule has 0 aliphatic carbocycles. The van der Waals surface area contributed by atoms with Gasteiger partial charge in [-0.15, -0.1) is 0 Å². The highest BCUT2D eigenvalue weighted by molar-refractivity contribution is 5.62. The van der Waals surface area contributed by atoms with E-state index < -0.39 is 5.97 Å². The zero-order valence-electron chi connectivity index (χ0n) is 7.86. The second-order valence-corrected chi connectivity index (χ2v) is 3.78. The van der Waals surface area contributed by atoms with E-state index in [1.807, 2.05) is 0 Å². The highest BCUT2D eigenvalue weighted by Gasteiger charge is 2.31. The van der Waals surface area contributed by atoms with Crippen LogP contribution in [0.2, 0.25) is 0 Å². The largest absolute Gasteiger partial charge is 0.481 e. The van der Waals surface area contributed by atoms with Crippen LogP contribution in [-0.2, 0) is 4.79 Å². The van der Waals surface area contributed by atoms with Gasteiger partial charge in [-0.3, -0.25) is 4.79 Å². The molecule has 2 heterocycles. The van der Waals surface area contributed by atoms with E-state index in [1.54, 1.807) is 0 Å². The standard InChI is InChI=1S/C7H13NO.C2H4O2/c9-7-3-5-1-2-6(4-7)8-5;1-2(3)4/h5-9H,1-4H2;1H3,(H,3,4). The molecule has 0 radical (unpaired) electrons. The summed E-state index contributed by atoms with van der Waals surface area (Å²) in [5.74, 6) is -0.833. The van der Waals surface area contributed by atoms with Crippen LogP contribution in [0.1, 0.15) is 32.6 Å². The third-order valence-corrected chi connectivity index (χ3v) is 2.45. The Balaban J connectivity index is 0.000000184. The molecule has 2 aliphatic rings. The van der Waals surface area contributed by atoms with E-state index >= 15 is 0 Å². The van der Waals surface area contributed by atoms with Gasteiger partial charge in [-0.25, -0.2) is 0 Å². The molecule has 2 saturated heterocycles. The normalized spacial score (nSPS) is 36.3. The van der Waals surface area contributed by atoms with E-state index in [9.17, 15) is 5.11 Å². The first-order chi connectivity index (χ1) is 6.08. The third kappa shape index (κ3) is 3.74. The smallest absolute Gasteiger partial charge is 0.300 e. The minimum absolute atomic E-state index is 0.0104. The summed E-state index contributed by atoms with van der Waals surface area (Å²) in [5, 5.41) is 20.1. The topological polar surface area (TPSA) is 69.6 Å². The summed E-state index contributed by atoms with van der Waals surface area (Å²) >= 11 is 0. The summed E-state index contributed by atoms with van der Waals surface area (Å²) in [7, 11) is 0. The van der Waals surface area contributed by atoms with Crippen molar-refractivity contribution in [2.45, 2.75) is 50.8 Å². The van der Waals surface area contributed by atoms with E-state index in [1.165, 1.54) is 12.8 Å². The molecule has 0 spiro atoms. The van der Waals surface area contributed by atoms with E-state index in [0.717, 1.165) is 19.8 Å². The summed E-state index contributed by atoms with van der Waals surface area (Å²) in [6.45, 7) is 1.08. The van der Waals surface area contributed by atoms with Gasteiger partial charge in [0.2, 0.25) is 0 Å². The molecular formula is C9H17NO3. The van der Waals surface area contributed by atoms with Gasteiger partial charge in [0.15, 0.2) is 0 Å². The molecular weight excluding hydrogens is 170 g/mol. The molecule has 2 unspecified atom stereocenters. The monoisotopic (exact) mass is 187 g/mol. The Kier molecular flexibility index (Phi) is 3.69. The fourth-order valence-electron chi connectivity index (χ4n) is 2.03. The number of carboxylic acid groups (broad SMARTS) is 1. The van der Waals surface area contributed by atoms with Gasteiger partial charge in [0, 0.05) is 19.0 Å². The fraction of sp³-hybridized carbons (Fsp3) is 0.889. The van der Waals surface area contributed by atoms with Crippen molar-refractivity contribution in [3.63, 3.8) is 0 Å². The molecule has 0 aromatic rings. The van der Waals surface area contributed by atoms with Gasteiger partial charge in [-0.05, 0) is 25.7 Å². The van der Waals surface area contributed by atoms with Gasteiger partial charge in [-0.2, -0.15) is 0 Å². The highest BCUT2D eigenvalue weighted by Crippen LogP contribution is 2.26. The van der Waals surface area contributed by atoms with Crippen LogP contribution in [0.4, 0.5) is 0 Å². The average molecular weight is 187 g/mol. The molecule has 2 atom stereocenters. The number of carbonyl (C=O) groups is 1. The number of aliphatic carboxylic acids is 1. The number of nitrogens with one attached hydrogen (secondary N) is 1. The zero-order valence-corrected chi connectivity index (χ0v) is 7.86. The molecule has 0 amide bonds. The lowest BCUT2D eigenvalue weighted by molar-refractivity contribution is -0.134. The van der Waals surface area contributed by atoms with Crippen LogP contribution in [0.15, 0.2) is 0 Å². The lowest BCUT2D eigenvalue weighted by Gasteiger charge is -2.24. The average Bonchev–Trinajstić information content (AvgIpc) is 2.29. The molecule has 13 heavy (non-hydrogen) atoms. The van der Waals surface area contributed by atoms with Crippen LogP contribution in [0, 0.1) is 0 Å². The number of carboxylic acids is 1. The van der Waals surface area contributed by atoms with Crippen molar-refractivity contribution < 1.29 is 15.0 Å². The first-order valence-electron chi connectivity index (χ1n) is 4.71. The third-order valence-electron chi connectivity index (χ3n) is 2.45. The van der Waals surface area contributed by atoms with Crippen LogP contribution < -0.4 is 5.32 Å². The van der Waals surface area contributed by atoms with Crippen molar-refractivity contribution >= 4 is 5.97 Å². The highest BCUT2D eigenvalue weighted by atomic mass is 16.4. The SMILES string of the molecule is CC(=O)O.OC1CC2CCC(C1)N2. The predicted octanol–water partition coefficient (Wildman–Crippen LogP) is 0.353. The summed E-state index contributed by atoms with van der Waals surface area (Å²) in [5.41, 5.74) is 0. The van der Waals surface area contributed by atoms with Crippen LogP contribution in [0.3, 0.4) is 0 Å². The van der Waals surface area contributed by atoms with E-state index in [-0.39, 0.29) is 6.10 Å². The molecule has 2 bridgehead atoms. The van der Waals surface area contributed by atoms with E-state index in [2.05, 4.69) is 5.32 Å².